The predicted molar refractivity (Wildman–Crippen MR) is 150 cm³/mol. The molecule has 2 aliphatic rings. The van der Waals surface area contributed by atoms with Gasteiger partial charge in [0, 0.05) is 42.4 Å². The van der Waals surface area contributed by atoms with Crippen molar-refractivity contribution in [3.63, 3.8) is 0 Å². The maximum atomic E-state index is 13.0. The molecule has 2 saturated heterocycles. The normalized spacial score (nSPS) is 20.7. The van der Waals surface area contributed by atoms with E-state index >= 15 is 0 Å². The smallest absolute Gasteiger partial charge is 0.273 e. The fourth-order valence-electron chi connectivity index (χ4n) is 4.71. The van der Waals surface area contributed by atoms with Crippen LogP contribution in [0.1, 0.15) is 31.3 Å². The molecule has 2 fully saturated rings. The number of thiazole rings is 1. The van der Waals surface area contributed by atoms with Gasteiger partial charge in [0.25, 0.3) is 5.91 Å². The van der Waals surface area contributed by atoms with Crippen LogP contribution in [-0.2, 0) is 4.43 Å². The highest BCUT2D eigenvalue weighted by Crippen LogP contribution is 2.43. The van der Waals surface area contributed by atoms with Gasteiger partial charge < -0.3 is 14.2 Å². The summed E-state index contributed by atoms with van der Waals surface area (Å²) in [5, 5.41) is 5.36. The fourth-order valence-corrected chi connectivity index (χ4v) is 8.91. The Morgan fingerprint density at radius 2 is 1.60 bits per heavy atom. The van der Waals surface area contributed by atoms with E-state index in [9.17, 15) is 4.79 Å². The number of hydrogen-bond donors (Lipinski definition) is 0. The Labute approximate surface area is 218 Å². The number of amides is 1. The fraction of sp³-hybridized carbons (Fsp3) is 0.407. The standard InChI is InChI=1S/C27H33N3O2S2Si/c1-27(2,3)22-18-30(26-28-23(19-34-26)24(31)29-14-16-33-17-15-29)25(22)32-35(20-10-6-4-7-11-20)21-12-8-5-9-13-21/h4-13,19,22,25,35H,14-18H2,1-3H3. The second-order valence-electron chi connectivity index (χ2n) is 10.3. The number of nitrogens with zero attached hydrogens (tertiary/aromatic N) is 3. The Hall–Kier alpha value is -2.13. The molecule has 1 amide bonds. The molecule has 0 bridgehead atoms. The number of carbonyl (C=O) groups excluding carboxylic acids is 1. The van der Waals surface area contributed by atoms with Gasteiger partial charge in [-0.05, 0) is 15.8 Å². The van der Waals surface area contributed by atoms with Gasteiger partial charge in [0.05, 0.1) is 0 Å². The molecule has 3 heterocycles. The molecule has 0 saturated carbocycles. The lowest BCUT2D eigenvalue weighted by molar-refractivity contribution is 0.00493. The van der Waals surface area contributed by atoms with Gasteiger partial charge in [0.15, 0.2) is 5.13 Å². The summed E-state index contributed by atoms with van der Waals surface area (Å²) < 4.78 is 7.08. The van der Waals surface area contributed by atoms with Gasteiger partial charge in [0.1, 0.15) is 11.9 Å². The molecule has 8 heteroatoms. The monoisotopic (exact) mass is 523 g/mol. The van der Waals surface area contributed by atoms with Gasteiger partial charge in [-0.3, -0.25) is 4.79 Å². The number of thioether (sulfide) groups is 1. The topological polar surface area (TPSA) is 45.7 Å². The molecule has 2 aromatic carbocycles. The van der Waals surface area contributed by atoms with Gasteiger partial charge in [-0.25, -0.2) is 4.98 Å². The first kappa shape index (κ1) is 24.6. The summed E-state index contributed by atoms with van der Waals surface area (Å²) in [5.74, 6) is 2.44. The minimum Gasteiger partial charge on any atom is -0.391 e. The first-order valence-corrected chi connectivity index (χ1v) is 15.9. The van der Waals surface area contributed by atoms with Crippen LogP contribution in [-0.4, -0.2) is 62.2 Å². The SMILES string of the molecule is CC(C)(C)C1CN(c2nc(C(=O)N3CCSCC3)cs2)C1O[SiH](c1ccccc1)c1ccccc1. The Kier molecular flexibility index (Phi) is 7.34. The minimum absolute atomic E-state index is 0.0546. The largest absolute Gasteiger partial charge is 0.391 e. The summed E-state index contributed by atoms with van der Waals surface area (Å²) in [5.41, 5.74) is 0.671. The van der Waals surface area contributed by atoms with E-state index in [1.807, 2.05) is 22.0 Å². The highest BCUT2D eigenvalue weighted by atomic mass is 32.2. The number of rotatable bonds is 6. The van der Waals surface area contributed by atoms with Crippen molar-refractivity contribution in [2.45, 2.75) is 27.0 Å². The maximum absolute atomic E-state index is 13.0. The Morgan fingerprint density at radius 3 is 2.17 bits per heavy atom. The molecule has 1 aromatic heterocycles. The number of hydrogen-bond acceptors (Lipinski definition) is 6. The molecule has 2 aliphatic heterocycles. The van der Waals surface area contributed by atoms with Crippen molar-refractivity contribution >= 4 is 53.6 Å². The Morgan fingerprint density at radius 1 is 1.00 bits per heavy atom. The summed E-state index contributed by atoms with van der Waals surface area (Å²) >= 11 is 3.46. The molecule has 3 aromatic rings. The lowest BCUT2D eigenvalue weighted by Crippen LogP contribution is -2.65. The summed E-state index contributed by atoms with van der Waals surface area (Å²) in [6.07, 6.45) is -0.0624. The van der Waals surface area contributed by atoms with Crippen LogP contribution in [0, 0.1) is 11.3 Å². The third-order valence-corrected chi connectivity index (χ3v) is 11.2. The highest BCUT2D eigenvalue weighted by Gasteiger charge is 2.48. The Balaban J connectivity index is 1.41. The molecular formula is C27H33N3O2S2Si. The Bertz CT molecular complexity index is 1090. The molecule has 35 heavy (non-hydrogen) atoms. The van der Waals surface area contributed by atoms with Crippen LogP contribution in [0.4, 0.5) is 5.13 Å². The summed E-state index contributed by atoms with van der Waals surface area (Å²) in [6.45, 7) is 9.37. The van der Waals surface area contributed by atoms with E-state index in [4.69, 9.17) is 9.41 Å². The van der Waals surface area contributed by atoms with E-state index in [-0.39, 0.29) is 17.6 Å². The van der Waals surface area contributed by atoms with Crippen molar-refractivity contribution in [3.05, 3.63) is 71.7 Å². The van der Waals surface area contributed by atoms with Crippen molar-refractivity contribution in [1.29, 1.82) is 0 Å². The lowest BCUT2D eigenvalue weighted by Gasteiger charge is -2.54. The third kappa shape index (κ3) is 5.35. The van der Waals surface area contributed by atoms with Crippen LogP contribution < -0.4 is 15.3 Å². The summed E-state index contributed by atoms with van der Waals surface area (Å²) in [6, 6.07) is 21.3. The average molecular weight is 524 g/mol. The first-order valence-electron chi connectivity index (χ1n) is 12.3. The zero-order chi connectivity index (χ0) is 24.4. The second-order valence-corrected chi connectivity index (χ2v) is 14.7. The molecule has 0 N–H and O–H groups in total. The molecule has 5 rings (SSSR count). The zero-order valence-electron chi connectivity index (χ0n) is 20.6. The van der Waals surface area contributed by atoms with Crippen LogP contribution in [0.3, 0.4) is 0 Å². The minimum atomic E-state index is -1.93. The van der Waals surface area contributed by atoms with E-state index in [0.29, 0.717) is 11.6 Å². The quantitative estimate of drug-likeness (QED) is 0.461. The number of benzene rings is 2. The molecule has 0 spiro atoms. The first-order chi connectivity index (χ1) is 16.9. The van der Waals surface area contributed by atoms with Gasteiger partial charge >= 0.3 is 0 Å². The molecule has 2 unspecified atom stereocenters. The number of aromatic nitrogens is 1. The van der Waals surface area contributed by atoms with Crippen molar-refractivity contribution in [1.82, 2.24) is 9.88 Å². The summed E-state index contributed by atoms with van der Waals surface area (Å²) in [7, 11) is -1.93. The third-order valence-electron chi connectivity index (χ3n) is 6.89. The van der Waals surface area contributed by atoms with E-state index in [1.54, 1.807) is 11.3 Å². The number of anilines is 1. The van der Waals surface area contributed by atoms with Crippen LogP contribution >= 0.6 is 23.1 Å². The molecule has 0 radical (unpaired) electrons. The van der Waals surface area contributed by atoms with Crippen LogP contribution in [0.15, 0.2) is 66.0 Å². The van der Waals surface area contributed by atoms with Gasteiger partial charge in [0.2, 0.25) is 9.04 Å². The molecule has 5 nitrogen and oxygen atoms in total. The van der Waals surface area contributed by atoms with Gasteiger partial charge in [-0.1, -0.05) is 81.4 Å². The lowest BCUT2D eigenvalue weighted by atomic mass is 9.74. The second kappa shape index (κ2) is 10.5. The van der Waals surface area contributed by atoms with Gasteiger partial charge in [-0.2, -0.15) is 11.8 Å². The van der Waals surface area contributed by atoms with E-state index in [2.05, 4.69) is 86.3 Å². The van der Waals surface area contributed by atoms with Crippen molar-refractivity contribution in [2.24, 2.45) is 11.3 Å². The maximum Gasteiger partial charge on any atom is 0.273 e. The van der Waals surface area contributed by atoms with E-state index < -0.39 is 9.04 Å². The van der Waals surface area contributed by atoms with E-state index in [1.165, 1.54) is 10.4 Å². The van der Waals surface area contributed by atoms with Crippen molar-refractivity contribution in [2.75, 3.05) is 36.0 Å². The average Bonchev–Trinajstić information content (AvgIpc) is 3.33. The van der Waals surface area contributed by atoms with E-state index in [0.717, 1.165) is 36.3 Å². The summed E-state index contributed by atoms with van der Waals surface area (Å²) in [4.78, 5) is 22.0. The highest BCUT2D eigenvalue weighted by molar-refractivity contribution is 7.99. The van der Waals surface area contributed by atoms with Crippen molar-refractivity contribution in [3.8, 4) is 0 Å². The van der Waals surface area contributed by atoms with Gasteiger partial charge in [-0.15, -0.1) is 11.3 Å². The van der Waals surface area contributed by atoms with Crippen LogP contribution in [0.25, 0.3) is 0 Å². The molecule has 0 aliphatic carbocycles. The molecule has 2 atom stereocenters. The number of carbonyl (C=O) groups is 1. The van der Waals surface area contributed by atoms with Crippen molar-refractivity contribution < 1.29 is 9.22 Å². The molecular weight excluding hydrogens is 491 g/mol. The predicted octanol–water partition coefficient (Wildman–Crippen LogP) is 3.70. The molecule has 184 valence electrons. The van der Waals surface area contributed by atoms with Crippen LogP contribution in [0.2, 0.25) is 0 Å². The zero-order valence-corrected chi connectivity index (χ0v) is 23.4. The van der Waals surface area contributed by atoms with Crippen LogP contribution in [0.5, 0.6) is 0 Å².